The molecular weight excluding hydrogens is 462 g/mol. The van der Waals surface area contributed by atoms with Gasteiger partial charge in [0.15, 0.2) is 5.76 Å². The predicted molar refractivity (Wildman–Crippen MR) is 128 cm³/mol. The highest BCUT2D eigenvalue weighted by molar-refractivity contribution is 7.92. The van der Waals surface area contributed by atoms with Gasteiger partial charge in [-0.15, -0.1) is 0 Å². The molecule has 1 aromatic heterocycles. The van der Waals surface area contributed by atoms with Crippen LogP contribution in [0.25, 0.3) is 12.2 Å². The van der Waals surface area contributed by atoms with E-state index in [1.54, 1.807) is 37.3 Å². The Morgan fingerprint density at radius 2 is 1.68 bits per heavy atom. The minimum absolute atomic E-state index is 0.0743. The van der Waals surface area contributed by atoms with Crippen molar-refractivity contribution in [1.82, 2.24) is 5.16 Å². The van der Waals surface area contributed by atoms with Crippen LogP contribution >= 0.6 is 0 Å². The molecule has 0 aliphatic rings. The highest BCUT2D eigenvalue weighted by Crippen LogP contribution is 2.31. The van der Waals surface area contributed by atoms with Crippen molar-refractivity contribution in [2.24, 2.45) is 0 Å². The van der Waals surface area contributed by atoms with E-state index in [9.17, 15) is 13.2 Å². The van der Waals surface area contributed by atoms with Crippen molar-refractivity contribution in [2.75, 3.05) is 31.4 Å². The zero-order valence-corrected chi connectivity index (χ0v) is 20.1. The number of carbonyl (C=O) groups is 1. The maximum atomic E-state index is 13.2. The number of aromatic nitrogens is 1. The molecule has 0 atom stereocenters. The van der Waals surface area contributed by atoms with Crippen molar-refractivity contribution in [1.29, 1.82) is 0 Å². The van der Waals surface area contributed by atoms with Gasteiger partial charge in [-0.25, -0.2) is 8.42 Å². The normalized spacial score (nSPS) is 11.3. The van der Waals surface area contributed by atoms with Crippen LogP contribution in [-0.4, -0.2) is 40.8 Å². The smallest absolute Gasteiger partial charge is 0.265 e. The second kappa shape index (κ2) is 10.3. The molecule has 3 aromatic rings. The van der Waals surface area contributed by atoms with E-state index in [1.165, 1.54) is 46.5 Å². The maximum absolute atomic E-state index is 13.2. The van der Waals surface area contributed by atoms with E-state index in [0.717, 1.165) is 0 Å². The summed E-state index contributed by atoms with van der Waals surface area (Å²) < 4.78 is 49.9. The second-order valence-electron chi connectivity index (χ2n) is 7.14. The van der Waals surface area contributed by atoms with Gasteiger partial charge in [-0.3, -0.25) is 9.52 Å². The van der Waals surface area contributed by atoms with Gasteiger partial charge in [-0.2, -0.15) is 0 Å². The van der Waals surface area contributed by atoms with Gasteiger partial charge in [0.25, 0.3) is 10.0 Å². The van der Waals surface area contributed by atoms with Crippen molar-refractivity contribution in [3.63, 3.8) is 0 Å². The summed E-state index contributed by atoms with van der Waals surface area (Å²) >= 11 is 0. The Labute approximate surface area is 197 Å². The minimum Gasteiger partial charge on any atom is -0.497 e. The van der Waals surface area contributed by atoms with Gasteiger partial charge < -0.3 is 24.1 Å². The Bertz CT molecular complexity index is 1310. The number of ether oxygens (including phenoxy) is 3. The number of nitrogens with one attached hydrogen (secondary N) is 2. The predicted octanol–water partition coefficient (Wildman–Crippen LogP) is 3.94. The topological polar surface area (TPSA) is 129 Å². The quantitative estimate of drug-likeness (QED) is 0.464. The van der Waals surface area contributed by atoms with Crippen LogP contribution in [-0.2, 0) is 14.8 Å². The Kier molecular flexibility index (Phi) is 7.47. The fourth-order valence-corrected chi connectivity index (χ4v) is 4.33. The number of carbonyl (C=O) groups excluding carboxylic acids is 1. The first-order valence-electron chi connectivity index (χ1n) is 10.0. The van der Waals surface area contributed by atoms with Crippen LogP contribution in [0.5, 0.6) is 17.2 Å². The zero-order chi connectivity index (χ0) is 24.9. The summed E-state index contributed by atoms with van der Waals surface area (Å²) in [6, 6.07) is 9.38. The number of nitrogens with zero attached hydrogens (tertiary/aromatic N) is 1. The zero-order valence-electron chi connectivity index (χ0n) is 19.3. The molecule has 11 heteroatoms. The van der Waals surface area contributed by atoms with Crippen molar-refractivity contribution >= 4 is 39.5 Å². The number of benzene rings is 2. The monoisotopic (exact) mass is 487 g/mol. The number of methoxy groups -OCH3 is 3. The molecule has 0 radical (unpaired) electrons. The molecule has 34 heavy (non-hydrogen) atoms. The number of aryl methyl sites for hydroxylation is 1. The molecule has 3 rings (SSSR count). The summed E-state index contributed by atoms with van der Waals surface area (Å²) in [7, 11) is 0.283. The van der Waals surface area contributed by atoms with E-state index in [1.807, 2.05) is 0 Å². The molecular formula is C23H25N3O7S. The Balaban J connectivity index is 1.95. The Morgan fingerprint density at radius 1 is 1.00 bits per heavy atom. The standard InChI is InChI=1S/C23H25N3O7S/c1-14-23(24-15(2)27)21(33-25-14)9-7-16-6-8-20(32-5)22(10-16)34(28,29)26-17-11-18(30-3)13-19(12-17)31-4/h6-13,26H,1-5H3,(H,24,27). The van der Waals surface area contributed by atoms with E-state index in [0.29, 0.717) is 34.2 Å². The lowest BCUT2D eigenvalue weighted by atomic mass is 10.2. The van der Waals surface area contributed by atoms with Crippen LogP contribution in [0.3, 0.4) is 0 Å². The largest absolute Gasteiger partial charge is 0.497 e. The highest BCUT2D eigenvalue weighted by atomic mass is 32.2. The van der Waals surface area contributed by atoms with Crippen LogP contribution in [0.4, 0.5) is 11.4 Å². The van der Waals surface area contributed by atoms with E-state index in [4.69, 9.17) is 18.7 Å². The van der Waals surface area contributed by atoms with Gasteiger partial charge in [0.05, 0.1) is 27.0 Å². The molecule has 2 N–H and O–H groups in total. The lowest BCUT2D eigenvalue weighted by Crippen LogP contribution is -2.14. The second-order valence-corrected chi connectivity index (χ2v) is 8.79. The highest BCUT2D eigenvalue weighted by Gasteiger charge is 2.21. The molecule has 10 nitrogen and oxygen atoms in total. The average molecular weight is 488 g/mol. The molecule has 1 amide bonds. The molecule has 0 saturated heterocycles. The van der Waals surface area contributed by atoms with Crippen molar-refractivity contribution in [2.45, 2.75) is 18.7 Å². The number of anilines is 2. The van der Waals surface area contributed by atoms with Crippen LogP contribution in [0, 0.1) is 6.92 Å². The van der Waals surface area contributed by atoms with Gasteiger partial charge in [0, 0.05) is 25.1 Å². The van der Waals surface area contributed by atoms with Crippen LogP contribution in [0.15, 0.2) is 45.8 Å². The molecule has 0 saturated carbocycles. The van der Waals surface area contributed by atoms with Gasteiger partial charge in [-0.05, 0) is 30.7 Å². The van der Waals surface area contributed by atoms with Crippen LogP contribution in [0.1, 0.15) is 23.9 Å². The van der Waals surface area contributed by atoms with E-state index in [2.05, 4.69) is 15.2 Å². The fourth-order valence-electron chi connectivity index (χ4n) is 3.08. The SMILES string of the molecule is COc1cc(NS(=O)(=O)c2cc(C=Cc3onc(C)c3NC(C)=O)ccc2OC)cc(OC)c1. The first-order chi connectivity index (χ1) is 16.2. The van der Waals surface area contributed by atoms with Crippen molar-refractivity contribution in [3.8, 4) is 17.2 Å². The summed E-state index contributed by atoms with van der Waals surface area (Å²) in [5.74, 6) is 1.08. The molecule has 2 aromatic carbocycles. The minimum atomic E-state index is -4.04. The Hall–Kier alpha value is -3.99. The maximum Gasteiger partial charge on any atom is 0.265 e. The molecule has 0 unspecified atom stereocenters. The van der Waals surface area contributed by atoms with Crippen LogP contribution < -0.4 is 24.2 Å². The molecule has 0 spiro atoms. The third kappa shape index (κ3) is 5.67. The number of hydrogen-bond acceptors (Lipinski definition) is 8. The molecule has 180 valence electrons. The molecule has 0 bridgehead atoms. The summed E-state index contributed by atoms with van der Waals surface area (Å²) in [6.45, 7) is 3.08. The average Bonchev–Trinajstić information content (AvgIpc) is 3.15. The molecule has 0 fully saturated rings. The summed E-state index contributed by atoms with van der Waals surface area (Å²) in [4.78, 5) is 11.4. The first kappa shape index (κ1) is 24.6. The number of rotatable bonds is 9. The number of hydrogen-bond donors (Lipinski definition) is 2. The molecule has 0 aliphatic carbocycles. The number of amides is 1. The first-order valence-corrected chi connectivity index (χ1v) is 11.5. The van der Waals surface area contributed by atoms with Gasteiger partial charge >= 0.3 is 0 Å². The fraction of sp³-hybridized carbons (Fsp3) is 0.217. The van der Waals surface area contributed by atoms with Gasteiger partial charge in [0.1, 0.15) is 33.5 Å². The summed E-state index contributed by atoms with van der Waals surface area (Å²) in [5, 5.41) is 6.52. The lowest BCUT2D eigenvalue weighted by molar-refractivity contribution is -0.114. The van der Waals surface area contributed by atoms with Crippen LogP contribution in [0.2, 0.25) is 0 Å². The van der Waals surface area contributed by atoms with E-state index >= 15 is 0 Å². The number of sulfonamides is 1. The van der Waals surface area contributed by atoms with Crippen molar-refractivity contribution < 1.29 is 31.9 Å². The lowest BCUT2D eigenvalue weighted by Gasteiger charge is -2.14. The summed E-state index contributed by atoms with van der Waals surface area (Å²) in [6.07, 6.45) is 3.22. The Morgan fingerprint density at radius 3 is 2.26 bits per heavy atom. The van der Waals surface area contributed by atoms with Gasteiger partial charge in [0.2, 0.25) is 5.91 Å². The van der Waals surface area contributed by atoms with E-state index in [-0.39, 0.29) is 22.2 Å². The molecule has 0 aliphatic heterocycles. The molecule has 1 heterocycles. The third-order valence-electron chi connectivity index (χ3n) is 4.70. The van der Waals surface area contributed by atoms with Gasteiger partial charge in [-0.1, -0.05) is 17.3 Å². The third-order valence-corrected chi connectivity index (χ3v) is 6.10. The van der Waals surface area contributed by atoms with Crippen molar-refractivity contribution in [3.05, 3.63) is 53.4 Å². The summed E-state index contributed by atoms with van der Waals surface area (Å²) in [5.41, 5.74) is 1.77. The van der Waals surface area contributed by atoms with E-state index < -0.39 is 10.0 Å².